The van der Waals surface area contributed by atoms with Crippen LogP contribution < -0.4 is 0 Å². The highest BCUT2D eigenvalue weighted by atomic mass is 35.5. The number of carbonyl (C=O) groups is 1. The van der Waals surface area contributed by atoms with E-state index in [9.17, 15) is 4.79 Å². The van der Waals surface area contributed by atoms with Crippen LogP contribution in [0.4, 0.5) is 0 Å². The highest BCUT2D eigenvalue weighted by Gasteiger charge is 2.26. The zero-order valence-corrected chi connectivity index (χ0v) is 8.92. The quantitative estimate of drug-likeness (QED) is 0.678. The number of alkyl halides is 2. The Balaban J connectivity index is 2.16. The monoisotopic (exact) mass is 229 g/mol. The second-order valence-corrected chi connectivity index (χ2v) is 4.36. The molecule has 0 bridgehead atoms. The summed E-state index contributed by atoms with van der Waals surface area (Å²) in [7, 11) is 0. The maximum Gasteiger partial charge on any atom is 0.256 e. The van der Waals surface area contributed by atoms with Crippen molar-refractivity contribution in [2.45, 2.75) is 17.9 Å². The van der Waals surface area contributed by atoms with Gasteiger partial charge in [0.2, 0.25) is 0 Å². The van der Waals surface area contributed by atoms with Gasteiger partial charge in [0.05, 0.1) is 0 Å². The minimum absolute atomic E-state index is 0.218. The van der Waals surface area contributed by atoms with Crippen molar-refractivity contribution in [2.24, 2.45) is 0 Å². The molecule has 2 nitrogen and oxygen atoms in total. The van der Waals surface area contributed by atoms with Gasteiger partial charge >= 0.3 is 0 Å². The molecule has 2 rings (SSSR count). The predicted molar refractivity (Wildman–Crippen MR) is 56.2 cm³/mol. The van der Waals surface area contributed by atoms with Crippen molar-refractivity contribution in [3.05, 3.63) is 35.4 Å². The molecule has 1 aliphatic rings. The number of hydrogen-bond donors (Lipinski definition) is 0. The Labute approximate surface area is 92.4 Å². The van der Waals surface area contributed by atoms with E-state index < -0.39 is 4.84 Å². The van der Waals surface area contributed by atoms with Gasteiger partial charge in [-0.05, 0) is 11.1 Å². The van der Waals surface area contributed by atoms with Gasteiger partial charge in [-0.3, -0.25) is 4.79 Å². The lowest BCUT2D eigenvalue weighted by atomic mass is 10.1. The number of benzene rings is 1. The fraction of sp³-hybridized carbons (Fsp3) is 0.300. The van der Waals surface area contributed by atoms with E-state index in [0.29, 0.717) is 13.1 Å². The van der Waals surface area contributed by atoms with Crippen molar-refractivity contribution >= 4 is 29.1 Å². The lowest BCUT2D eigenvalue weighted by molar-refractivity contribution is -0.129. The SMILES string of the molecule is O=C(C(Cl)Cl)N1Cc2ccccc2C1. The Bertz CT molecular complexity index is 340. The van der Waals surface area contributed by atoms with E-state index in [4.69, 9.17) is 23.2 Å². The molecule has 0 atom stereocenters. The molecular weight excluding hydrogens is 221 g/mol. The van der Waals surface area contributed by atoms with Crippen LogP contribution in [0, 0.1) is 0 Å². The topological polar surface area (TPSA) is 20.3 Å². The van der Waals surface area contributed by atoms with Gasteiger partial charge in [-0.15, -0.1) is 0 Å². The third kappa shape index (κ3) is 1.72. The van der Waals surface area contributed by atoms with Gasteiger partial charge in [0.15, 0.2) is 4.84 Å². The van der Waals surface area contributed by atoms with E-state index in [1.807, 2.05) is 24.3 Å². The zero-order chi connectivity index (χ0) is 10.1. The number of hydrogen-bond acceptors (Lipinski definition) is 1. The number of rotatable bonds is 1. The van der Waals surface area contributed by atoms with E-state index in [1.165, 1.54) is 11.1 Å². The maximum atomic E-state index is 11.5. The van der Waals surface area contributed by atoms with Crippen LogP contribution in [0.3, 0.4) is 0 Å². The van der Waals surface area contributed by atoms with Crippen LogP contribution >= 0.6 is 23.2 Å². The first kappa shape index (κ1) is 9.81. The van der Waals surface area contributed by atoms with Gasteiger partial charge in [0, 0.05) is 13.1 Å². The van der Waals surface area contributed by atoms with E-state index in [-0.39, 0.29) is 5.91 Å². The molecule has 1 heterocycles. The Morgan fingerprint density at radius 3 is 2.14 bits per heavy atom. The normalized spacial score (nSPS) is 14.6. The molecule has 1 aromatic carbocycles. The number of fused-ring (bicyclic) bond motifs is 1. The van der Waals surface area contributed by atoms with Crippen molar-refractivity contribution in [3.8, 4) is 0 Å². The van der Waals surface area contributed by atoms with E-state index in [1.54, 1.807) is 4.90 Å². The van der Waals surface area contributed by atoms with Gasteiger partial charge in [0.1, 0.15) is 0 Å². The summed E-state index contributed by atoms with van der Waals surface area (Å²) in [4.78, 5) is 12.2. The molecule has 0 aromatic heterocycles. The summed E-state index contributed by atoms with van der Waals surface area (Å²) in [6, 6.07) is 7.96. The van der Waals surface area contributed by atoms with Gasteiger partial charge < -0.3 is 4.90 Å². The van der Waals surface area contributed by atoms with Crippen molar-refractivity contribution in [1.29, 1.82) is 0 Å². The summed E-state index contributed by atoms with van der Waals surface area (Å²) in [5.74, 6) is -0.218. The smallest absolute Gasteiger partial charge is 0.256 e. The molecule has 0 aliphatic carbocycles. The molecule has 1 aliphatic heterocycles. The lowest BCUT2D eigenvalue weighted by Gasteiger charge is -2.15. The lowest BCUT2D eigenvalue weighted by Crippen LogP contribution is -2.29. The standard InChI is InChI=1S/C10H9Cl2NO/c11-9(12)10(14)13-5-7-3-1-2-4-8(7)6-13/h1-4,9H,5-6H2. The molecular formula is C10H9Cl2NO. The molecule has 1 amide bonds. The predicted octanol–water partition coefficient (Wildman–Crippen LogP) is 2.33. The van der Waals surface area contributed by atoms with Crippen molar-refractivity contribution in [1.82, 2.24) is 4.90 Å². The zero-order valence-electron chi connectivity index (χ0n) is 7.41. The van der Waals surface area contributed by atoms with Crippen LogP contribution in [0.15, 0.2) is 24.3 Å². The number of nitrogens with zero attached hydrogens (tertiary/aromatic N) is 1. The molecule has 0 fully saturated rings. The highest BCUT2D eigenvalue weighted by molar-refractivity contribution is 6.53. The Morgan fingerprint density at radius 1 is 1.21 bits per heavy atom. The van der Waals surface area contributed by atoms with Crippen molar-refractivity contribution < 1.29 is 4.79 Å². The minimum Gasteiger partial charge on any atom is -0.332 e. The molecule has 0 saturated heterocycles. The molecule has 0 radical (unpaired) electrons. The third-order valence-electron chi connectivity index (χ3n) is 2.34. The van der Waals surface area contributed by atoms with E-state index >= 15 is 0 Å². The van der Waals surface area contributed by atoms with E-state index in [2.05, 4.69) is 0 Å². The molecule has 0 N–H and O–H groups in total. The second-order valence-electron chi connectivity index (χ2n) is 3.26. The summed E-state index contributed by atoms with van der Waals surface area (Å²) in [5, 5.41) is 0. The molecule has 4 heteroatoms. The largest absolute Gasteiger partial charge is 0.332 e. The molecule has 0 unspecified atom stereocenters. The summed E-state index contributed by atoms with van der Waals surface area (Å²) in [6.07, 6.45) is 0. The van der Waals surface area contributed by atoms with Crippen LogP contribution in [-0.4, -0.2) is 15.6 Å². The Morgan fingerprint density at radius 2 is 1.71 bits per heavy atom. The van der Waals surface area contributed by atoms with Gasteiger partial charge in [-0.2, -0.15) is 0 Å². The number of halogens is 2. The van der Waals surface area contributed by atoms with Crippen LogP contribution in [-0.2, 0) is 17.9 Å². The van der Waals surface area contributed by atoms with Gasteiger partial charge in [-0.25, -0.2) is 0 Å². The first-order valence-electron chi connectivity index (χ1n) is 4.32. The van der Waals surface area contributed by atoms with Gasteiger partial charge in [0.25, 0.3) is 5.91 Å². The van der Waals surface area contributed by atoms with Crippen LogP contribution in [0.25, 0.3) is 0 Å². The number of amides is 1. The van der Waals surface area contributed by atoms with Crippen LogP contribution in [0.5, 0.6) is 0 Å². The van der Waals surface area contributed by atoms with Crippen molar-refractivity contribution in [3.63, 3.8) is 0 Å². The number of carbonyl (C=O) groups excluding carboxylic acids is 1. The fourth-order valence-corrected chi connectivity index (χ4v) is 1.90. The molecule has 14 heavy (non-hydrogen) atoms. The molecule has 74 valence electrons. The third-order valence-corrected chi connectivity index (χ3v) is 2.71. The van der Waals surface area contributed by atoms with Crippen LogP contribution in [0.1, 0.15) is 11.1 Å². The second kappa shape index (κ2) is 3.79. The molecule has 0 spiro atoms. The maximum absolute atomic E-state index is 11.5. The Kier molecular flexibility index (Phi) is 2.66. The first-order chi connectivity index (χ1) is 6.68. The van der Waals surface area contributed by atoms with Crippen molar-refractivity contribution in [2.75, 3.05) is 0 Å². The summed E-state index contributed by atoms with van der Waals surface area (Å²) in [5.41, 5.74) is 2.35. The average molecular weight is 230 g/mol. The molecule has 1 aromatic rings. The summed E-state index contributed by atoms with van der Waals surface area (Å²) < 4.78 is 0. The minimum atomic E-state index is -0.954. The summed E-state index contributed by atoms with van der Waals surface area (Å²) in [6.45, 7) is 1.23. The fourth-order valence-electron chi connectivity index (χ4n) is 1.63. The van der Waals surface area contributed by atoms with E-state index in [0.717, 1.165) is 0 Å². The van der Waals surface area contributed by atoms with Gasteiger partial charge in [-0.1, -0.05) is 47.5 Å². The summed E-state index contributed by atoms with van der Waals surface area (Å²) >= 11 is 11.1. The average Bonchev–Trinajstić information content (AvgIpc) is 2.59. The highest BCUT2D eigenvalue weighted by Crippen LogP contribution is 2.24. The Hall–Kier alpha value is -0.730. The molecule has 0 saturated carbocycles. The van der Waals surface area contributed by atoms with Crippen LogP contribution in [0.2, 0.25) is 0 Å². The first-order valence-corrected chi connectivity index (χ1v) is 5.19.